The second-order valence-corrected chi connectivity index (χ2v) is 7.94. The van der Waals surface area contributed by atoms with Crippen molar-refractivity contribution < 1.29 is 23.4 Å². The van der Waals surface area contributed by atoms with Crippen molar-refractivity contribution in [3.8, 4) is 17.2 Å². The summed E-state index contributed by atoms with van der Waals surface area (Å²) in [4.78, 5) is 12.5. The minimum absolute atomic E-state index is 0.171. The minimum Gasteiger partial charge on any atom is -0.490 e. The summed E-state index contributed by atoms with van der Waals surface area (Å²) >= 11 is 12.6. The predicted molar refractivity (Wildman–Crippen MR) is 136 cm³/mol. The maximum atomic E-state index is 13.0. The first-order chi connectivity index (χ1) is 16.9. The fraction of sp³-hybridized carbons (Fsp3) is 0.154. The molecule has 0 aromatic heterocycles. The Hall–Kier alpha value is -3.55. The summed E-state index contributed by atoms with van der Waals surface area (Å²) in [5.41, 5.74) is 4.12. The largest absolute Gasteiger partial charge is 0.490 e. The molecule has 0 aliphatic rings. The average Bonchev–Trinajstić information content (AvgIpc) is 2.84. The molecule has 0 aliphatic heterocycles. The number of hydrogen-bond acceptors (Lipinski definition) is 5. The summed E-state index contributed by atoms with van der Waals surface area (Å²) in [6.07, 6.45) is 3.03. The maximum Gasteiger partial charge on any atom is 0.271 e. The molecule has 182 valence electrons. The van der Waals surface area contributed by atoms with Crippen LogP contribution < -0.4 is 19.6 Å². The average molecular weight is 517 g/mol. The van der Waals surface area contributed by atoms with Crippen LogP contribution in [0.4, 0.5) is 4.39 Å². The van der Waals surface area contributed by atoms with Gasteiger partial charge < -0.3 is 14.2 Å². The monoisotopic (exact) mass is 516 g/mol. The van der Waals surface area contributed by atoms with Gasteiger partial charge in [-0.2, -0.15) is 5.10 Å². The van der Waals surface area contributed by atoms with E-state index in [2.05, 4.69) is 17.1 Å². The molecule has 0 aliphatic carbocycles. The lowest BCUT2D eigenvalue weighted by Gasteiger charge is -2.12. The van der Waals surface area contributed by atoms with E-state index in [1.807, 2.05) is 6.92 Å². The third-order valence-electron chi connectivity index (χ3n) is 4.56. The zero-order valence-electron chi connectivity index (χ0n) is 18.9. The standard InChI is InChI=1S/C26H23Cl2FN2O4/c1-3-11-34-23-10-7-19(14-24(23)33-4-2)26(32)31-30-15-18-12-21(27)25(22(28)13-18)35-16-17-5-8-20(29)9-6-17/h3,5-10,12-15H,1,4,11,16H2,2H3,(H,31,32)/b30-15+. The van der Waals surface area contributed by atoms with Gasteiger partial charge in [-0.1, -0.05) is 48.0 Å². The summed E-state index contributed by atoms with van der Waals surface area (Å²) in [6, 6.07) is 13.9. The molecule has 9 heteroatoms. The fourth-order valence-electron chi connectivity index (χ4n) is 2.94. The normalized spacial score (nSPS) is 10.7. The highest BCUT2D eigenvalue weighted by Crippen LogP contribution is 2.34. The Balaban J connectivity index is 1.64. The fourth-order valence-corrected chi connectivity index (χ4v) is 3.56. The van der Waals surface area contributed by atoms with Crippen LogP contribution in [0.3, 0.4) is 0 Å². The lowest BCUT2D eigenvalue weighted by atomic mass is 10.2. The molecular formula is C26H23Cl2FN2O4. The summed E-state index contributed by atoms with van der Waals surface area (Å²) in [5.74, 6) is 0.485. The summed E-state index contributed by atoms with van der Waals surface area (Å²) in [5, 5.41) is 4.51. The first-order valence-corrected chi connectivity index (χ1v) is 11.4. The van der Waals surface area contributed by atoms with Crippen molar-refractivity contribution >= 4 is 35.3 Å². The highest BCUT2D eigenvalue weighted by Gasteiger charge is 2.12. The Labute approximate surface area is 212 Å². The van der Waals surface area contributed by atoms with Gasteiger partial charge in [0, 0.05) is 5.56 Å². The molecule has 0 bridgehead atoms. The van der Waals surface area contributed by atoms with Crippen molar-refractivity contribution in [3.63, 3.8) is 0 Å². The summed E-state index contributed by atoms with van der Waals surface area (Å²) in [6.45, 7) is 6.36. The molecule has 3 rings (SSSR count). The van der Waals surface area contributed by atoms with E-state index < -0.39 is 5.91 Å². The van der Waals surface area contributed by atoms with E-state index in [1.54, 1.807) is 48.5 Å². The first kappa shape index (κ1) is 26.1. The van der Waals surface area contributed by atoms with Crippen molar-refractivity contribution in [2.75, 3.05) is 13.2 Å². The van der Waals surface area contributed by atoms with Gasteiger partial charge in [-0.05, 0) is 60.5 Å². The molecule has 1 amide bonds. The van der Waals surface area contributed by atoms with Crippen LogP contribution >= 0.6 is 23.2 Å². The Bertz CT molecular complexity index is 1190. The van der Waals surface area contributed by atoms with E-state index >= 15 is 0 Å². The van der Waals surface area contributed by atoms with Gasteiger partial charge in [0.05, 0.1) is 22.9 Å². The van der Waals surface area contributed by atoms with Gasteiger partial charge in [-0.15, -0.1) is 0 Å². The quantitative estimate of drug-likeness (QED) is 0.181. The zero-order valence-corrected chi connectivity index (χ0v) is 20.4. The molecule has 35 heavy (non-hydrogen) atoms. The Morgan fingerprint density at radius 2 is 1.74 bits per heavy atom. The Morgan fingerprint density at radius 3 is 2.40 bits per heavy atom. The zero-order chi connectivity index (χ0) is 25.2. The van der Waals surface area contributed by atoms with Gasteiger partial charge in [-0.25, -0.2) is 9.82 Å². The number of rotatable bonds is 11. The van der Waals surface area contributed by atoms with E-state index in [4.69, 9.17) is 37.4 Å². The van der Waals surface area contributed by atoms with Crippen molar-refractivity contribution in [1.29, 1.82) is 0 Å². The van der Waals surface area contributed by atoms with Crippen LogP contribution in [0.1, 0.15) is 28.4 Å². The number of hydrogen-bond donors (Lipinski definition) is 1. The molecule has 1 N–H and O–H groups in total. The third-order valence-corrected chi connectivity index (χ3v) is 5.12. The number of nitrogens with zero attached hydrogens (tertiary/aromatic N) is 1. The number of amides is 1. The van der Waals surface area contributed by atoms with Crippen LogP contribution in [0, 0.1) is 5.82 Å². The van der Waals surface area contributed by atoms with Crippen LogP contribution in [-0.2, 0) is 6.61 Å². The molecular weight excluding hydrogens is 494 g/mol. The highest BCUT2D eigenvalue weighted by atomic mass is 35.5. The van der Waals surface area contributed by atoms with Crippen LogP contribution in [0.2, 0.25) is 10.0 Å². The lowest BCUT2D eigenvalue weighted by molar-refractivity contribution is 0.0954. The Kier molecular flexibility index (Phi) is 9.52. The van der Waals surface area contributed by atoms with E-state index in [9.17, 15) is 9.18 Å². The minimum atomic E-state index is -0.436. The van der Waals surface area contributed by atoms with Crippen LogP contribution in [0.5, 0.6) is 17.2 Å². The van der Waals surface area contributed by atoms with Crippen LogP contribution in [0.15, 0.2) is 72.4 Å². The van der Waals surface area contributed by atoms with Crippen LogP contribution in [-0.4, -0.2) is 25.3 Å². The molecule has 3 aromatic carbocycles. The van der Waals surface area contributed by atoms with E-state index in [-0.39, 0.29) is 22.5 Å². The predicted octanol–water partition coefficient (Wildman–Crippen LogP) is 6.44. The molecule has 0 heterocycles. The van der Waals surface area contributed by atoms with Gasteiger partial charge in [0.25, 0.3) is 5.91 Å². The van der Waals surface area contributed by atoms with Crippen molar-refractivity contribution in [2.45, 2.75) is 13.5 Å². The molecule has 0 saturated carbocycles. The number of hydrazone groups is 1. The number of nitrogens with one attached hydrogen (secondary N) is 1. The number of carbonyl (C=O) groups is 1. The van der Waals surface area contributed by atoms with Gasteiger partial charge in [0.2, 0.25) is 0 Å². The first-order valence-electron chi connectivity index (χ1n) is 10.6. The van der Waals surface area contributed by atoms with Crippen molar-refractivity contribution in [3.05, 3.63) is 99.8 Å². The SMILES string of the molecule is C=CCOc1ccc(C(=O)N/N=C/c2cc(Cl)c(OCc3ccc(F)cc3)c(Cl)c2)cc1OCC. The second-order valence-electron chi connectivity index (χ2n) is 7.12. The lowest BCUT2D eigenvalue weighted by Crippen LogP contribution is -2.17. The molecule has 3 aromatic rings. The number of halogens is 3. The Morgan fingerprint density at radius 1 is 1.03 bits per heavy atom. The molecule has 0 radical (unpaired) electrons. The number of carbonyl (C=O) groups excluding carboxylic acids is 1. The van der Waals surface area contributed by atoms with Crippen LogP contribution in [0.25, 0.3) is 0 Å². The number of benzene rings is 3. The molecule has 0 spiro atoms. The van der Waals surface area contributed by atoms with Crippen molar-refractivity contribution in [2.24, 2.45) is 5.10 Å². The molecule has 0 atom stereocenters. The van der Waals surface area contributed by atoms with E-state index in [0.29, 0.717) is 41.6 Å². The topological polar surface area (TPSA) is 69.2 Å². The van der Waals surface area contributed by atoms with Gasteiger partial charge in [0.1, 0.15) is 19.0 Å². The summed E-state index contributed by atoms with van der Waals surface area (Å²) in [7, 11) is 0. The van der Waals surface area contributed by atoms with E-state index in [0.717, 1.165) is 5.56 Å². The smallest absolute Gasteiger partial charge is 0.271 e. The van der Waals surface area contributed by atoms with Crippen molar-refractivity contribution in [1.82, 2.24) is 5.43 Å². The summed E-state index contributed by atoms with van der Waals surface area (Å²) < 4.78 is 29.8. The molecule has 0 unspecified atom stereocenters. The second kappa shape index (κ2) is 12.8. The van der Waals surface area contributed by atoms with E-state index in [1.165, 1.54) is 18.3 Å². The molecule has 0 fully saturated rings. The number of ether oxygens (including phenoxy) is 3. The maximum absolute atomic E-state index is 13.0. The molecule has 0 saturated heterocycles. The van der Waals surface area contributed by atoms with Gasteiger partial charge >= 0.3 is 0 Å². The van der Waals surface area contributed by atoms with Gasteiger partial charge in [-0.3, -0.25) is 4.79 Å². The van der Waals surface area contributed by atoms with Gasteiger partial charge in [0.15, 0.2) is 17.2 Å². The molecule has 6 nitrogen and oxygen atoms in total. The highest BCUT2D eigenvalue weighted by molar-refractivity contribution is 6.37. The third kappa shape index (κ3) is 7.47.